The number of morpholine rings is 1. The molecule has 1 aromatic carbocycles. The number of rotatable bonds is 8. The van der Waals surface area contributed by atoms with E-state index < -0.39 is 0 Å². The molecule has 1 saturated carbocycles. The van der Waals surface area contributed by atoms with E-state index in [1.54, 1.807) is 0 Å². The molecular weight excluding hydrogens is 465 g/mol. The summed E-state index contributed by atoms with van der Waals surface area (Å²) >= 11 is 0. The van der Waals surface area contributed by atoms with Crippen molar-refractivity contribution in [1.29, 1.82) is 0 Å². The largest absolute Gasteiger partial charge is 0.379 e. The van der Waals surface area contributed by atoms with E-state index in [-0.39, 0.29) is 24.0 Å². The van der Waals surface area contributed by atoms with E-state index in [1.165, 1.54) is 24.0 Å². The molecule has 158 valence electrons. The minimum absolute atomic E-state index is 0. The van der Waals surface area contributed by atoms with Gasteiger partial charge in [-0.1, -0.05) is 24.3 Å². The molecular formula is C21H36IN5O. The predicted octanol–water partition coefficient (Wildman–Crippen LogP) is 2.14. The van der Waals surface area contributed by atoms with Crippen LogP contribution in [-0.2, 0) is 17.8 Å². The van der Waals surface area contributed by atoms with Gasteiger partial charge in [-0.3, -0.25) is 9.89 Å². The molecule has 2 N–H and O–H groups in total. The quantitative estimate of drug-likeness (QED) is 0.325. The highest BCUT2D eigenvalue weighted by atomic mass is 127. The molecule has 7 heteroatoms. The van der Waals surface area contributed by atoms with E-state index in [0.717, 1.165) is 57.8 Å². The molecule has 0 amide bonds. The molecule has 0 aromatic heterocycles. The number of hydrogen-bond acceptors (Lipinski definition) is 4. The van der Waals surface area contributed by atoms with Crippen LogP contribution in [0.15, 0.2) is 29.3 Å². The average Bonchev–Trinajstić information content (AvgIpc) is 3.51. The summed E-state index contributed by atoms with van der Waals surface area (Å²) in [6.07, 6.45) is 2.71. The fraction of sp³-hybridized carbons (Fsp3) is 0.667. The van der Waals surface area contributed by atoms with Crippen molar-refractivity contribution in [2.45, 2.75) is 32.0 Å². The van der Waals surface area contributed by atoms with Crippen molar-refractivity contribution in [3.05, 3.63) is 35.4 Å². The van der Waals surface area contributed by atoms with Crippen LogP contribution in [0.25, 0.3) is 0 Å². The second-order valence-electron chi connectivity index (χ2n) is 7.83. The van der Waals surface area contributed by atoms with Crippen LogP contribution >= 0.6 is 24.0 Å². The highest BCUT2D eigenvalue weighted by Crippen LogP contribution is 2.34. The van der Waals surface area contributed by atoms with Crippen LogP contribution in [0.3, 0.4) is 0 Å². The highest BCUT2D eigenvalue weighted by molar-refractivity contribution is 14.0. The third-order valence-corrected chi connectivity index (χ3v) is 5.59. The summed E-state index contributed by atoms with van der Waals surface area (Å²) in [7, 11) is 6.18. The maximum Gasteiger partial charge on any atom is 0.191 e. The summed E-state index contributed by atoms with van der Waals surface area (Å²) in [5.74, 6) is 1.71. The number of benzene rings is 1. The summed E-state index contributed by atoms with van der Waals surface area (Å²) < 4.78 is 5.46. The average molecular weight is 501 g/mol. The van der Waals surface area contributed by atoms with E-state index in [9.17, 15) is 0 Å². The zero-order valence-electron chi connectivity index (χ0n) is 17.5. The monoisotopic (exact) mass is 501 g/mol. The van der Waals surface area contributed by atoms with Crippen LogP contribution < -0.4 is 10.6 Å². The highest BCUT2D eigenvalue weighted by Gasteiger charge is 2.32. The third-order valence-electron chi connectivity index (χ3n) is 5.59. The van der Waals surface area contributed by atoms with Crippen molar-refractivity contribution in [2.75, 3.05) is 54.0 Å². The van der Waals surface area contributed by atoms with Gasteiger partial charge in [0.15, 0.2) is 5.96 Å². The van der Waals surface area contributed by atoms with E-state index >= 15 is 0 Å². The Bertz CT molecular complexity index is 613. The zero-order chi connectivity index (χ0) is 19.1. The van der Waals surface area contributed by atoms with Gasteiger partial charge < -0.3 is 20.3 Å². The van der Waals surface area contributed by atoms with Crippen LogP contribution in [0.2, 0.25) is 0 Å². The normalized spacial score (nSPS) is 19.2. The molecule has 1 aliphatic carbocycles. The standard InChI is InChI=1S/C21H35N5O.HI/c1-22-21(24-15-20(25(2)3)17-8-9-17)23-14-18-6-4-5-7-19(18)16-26-10-12-27-13-11-26;/h4-7,17,20H,8-16H2,1-3H3,(H2,22,23,24);1H. The molecule has 1 saturated heterocycles. The summed E-state index contributed by atoms with van der Waals surface area (Å²) in [6, 6.07) is 9.27. The first kappa shape index (κ1) is 23.4. The first-order valence-electron chi connectivity index (χ1n) is 10.1. The Morgan fingerprint density at radius 1 is 1.18 bits per heavy atom. The van der Waals surface area contributed by atoms with Crippen LogP contribution in [0, 0.1) is 5.92 Å². The molecule has 1 aliphatic heterocycles. The number of ether oxygens (including phenoxy) is 1. The number of hydrogen-bond donors (Lipinski definition) is 2. The maximum atomic E-state index is 5.46. The smallest absolute Gasteiger partial charge is 0.191 e. The maximum absolute atomic E-state index is 5.46. The van der Waals surface area contributed by atoms with Crippen LogP contribution in [0.1, 0.15) is 24.0 Å². The van der Waals surface area contributed by atoms with E-state index in [2.05, 4.69) is 63.8 Å². The van der Waals surface area contributed by atoms with Gasteiger partial charge in [-0.25, -0.2) is 0 Å². The predicted molar refractivity (Wildman–Crippen MR) is 126 cm³/mol. The van der Waals surface area contributed by atoms with Gasteiger partial charge in [0, 0.05) is 45.8 Å². The zero-order valence-corrected chi connectivity index (χ0v) is 19.8. The van der Waals surface area contributed by atoms with E-state index in [0.29, 0.717) is 6.04 Å². The van der Waals surface area contributed by atoms with Crippen molar-refractivity contribution in [2.24, 2.45) is 10.9 Å². The van der Waals surface area contributed by atoms with Crippen molar-refractivity contribution in [3.8, 4) is 0 Å². The third kappa shape index (κ3) is 7.17. The van der Waals surface area contributed by atoms with Gasteiger partial charge in [0.05, 0.1) is 13.2 Å². The van der Waals surface area contributed by atoms with Gasteiger partial charge in [-0.2, -0.15) is 0 Å². The van der Waals surface area contributed by atoms with Crippen LogP contribution in [-0.4, -0.2) is 75.8 Å². The molecule has 28 heavy (non-hydrogen) atoms. The molecule has 2 fully saturated rings. The number of halogens is 1. The van der Waals surface area contributed by atoms with Crippen molar-refractivity contribution in [1.82, 2.24) is 20.4 Å². The summed E-state index contributed by atoms with van der Waals surface area (Å²) in [5, 5.41) is 7.01. The lowest BCUT2D eigenvalue weighted by Gasteiger charge is -2.27. The van der Waals surface area contributed by atoms with Gasteiger partial charge in [-0.15, -0.1) is 24.0 Å². The van der Waals surface area contributed by atoms with Crippen molar-refractivity contribution >= 4 is 29.9 Å². The molecule has 1 unspecified atom stereocenters. The van der Waals surface area contributed by atoms with Gasteiger partial charge in [0.2, 0.25) is 0 Å². The second kappa shape index (κ2) is 11.9. The lowest BCUT2D eigenvalue weighted by molar-refractivity contribution is 0.0341. The first-order valence-corrected chi connectivity index (χ1v) is 10.1. The first-order chi connectivity index (χ1) is 13.2. The molecule has 1 atom stereocenters. The number of nitrogens with zero attached hydrogens (tertiary/aromatic N) is 3. The lowest BCUT2D eigenvalue weighted by atomic mass is 10.1. The Morgan fingerprint density at radius 2 is 1.86 bits per heavy atom. The molecule has 0 radical (unpaired) electrons. The molecule has 3 rings (SSSR count). The molecule has 6 nitrogen and oxygen atoms in total. The van der Waals surface area contributed by atoms with Gasteiger partial charge >= 0.3 is 0 Å². The second-order valence-corrected chi connectivity index (χ2v) is 7.83. The summed E-state index contributed by atoms with van der Waals surface area (Å²) in [5.41, 5.74) is 2.71. The number of likely N-dealkylation sites (N-methyl/N-ethyl adjacent to an activating group) is 1. The Labute approximate surface area is 187 Å². The number of nitrogens with one attached hydrogen (secondary N) is 2. The molecule has 1 aromatic rings. The Balaban J connectivity index is 0.00000280. The summed E-state index contributed by atoms with van der Waals surface area (Å²) in [6.45, 7) is 6.41. The van der Waals surface area contributed by atoms with Crippen molar-refractivity contribution < 1.29 is 4.74 Å². The lowest BCUT2D eigenvalue weighted by Crippen LogP contribution is -2.45. The molecule has 0 bridgehead atoms. The Kier molecular flexibility index (Phi) is 9.98. The minimum Gasteiger partial charge on any atom is -0.379 e. The fourth-order valence-electron chi connectivity index (χ4n) is 3.74. The molecule has 0 spiro atoms. The molecule has 2 aliphatic rings. The van der Waals surface area contributed by atoms with E-state index in [1.807, 2.05) is 7.05 Å². The number of guanidine groups is 1. The SMILES string of the molecule is CN=C(NCc1ccccc1CN1CCOCC1)NCC(C1CC1)N(C)C.I. The van der Waals surface area contributed by atoms with Crippen molar-refractivity contribution in [3.63, 3.8) is 0 Å². The Hall–Kier alpha value is -0.900. The topological polar surface area (TPSA) is 52.1 Å². The van der Waals surface area contributed by atoms with Gasteiger partial charge in [0.1, 0.15) is 0 Å². The minimum atomic E-state index is 0. The van der Waals surface area contributed by atoms with Gasteiger partial charge in [0.25, 0.3) is 0 Å². The number of aliphatic imine (C=N–C) groups is 1. The molecule has 1 heterocycles. The van der Waals surface area contributed by atoms with Crippen LogP contribution in [0.5, 0.6) is 0 Å². The summed E-state index contributed by atoms with van der Waals surface area (Å²) in [4.78, 5) is 9.20. The van der Waals surface area contributed by atoms with Crippen LogP contribution in [0.4, 0.5) is 0 Å². The van der Waals surface area contributed by atoms with E-state index in [4.69, 9.17) is 4.74 Å². The van der Waals surface area contributed by atoms with Gasteiger partial charge in [-0.05, 0) is 44.0 Å². The fourth-order valence-corrected chi connectivity index (χ4v) is 3.74. The Morgan fingerprint density at radius 3 is 2.46 bits per heavy atom.